The summed E-state index contributed by atoms with van der Waals surface area (Å²) in [7, 11) is 0. The van der Waals surface area contributed by atoms with Crippen molar-refractivity contribution in [1.82, 2.24) is 5.32 Å². The Bertz CT molecular complexity index is 377. The molecular formula is C17H27N. The van der Waals surface area contributed by atoms with E-state index in [1.165, 1.54) is 48.8 Å². The third-order valence-electron chi connectivity index (χ3n) is 4.56. The van der Waals surface area contributed by atoms with Crippen molar-refractivity contribution in [2.75, 3.05) is 0 Å². The minimum atomic E-state index is 0.659. The van der Waals surface area contributed by atoms with Gasteiger partial charge in [0.25, 0.3) is 0 Å². The molecule has 1 aliphatic carbocycles. The smallest absolute Gasteiger partial charge is 0.0208 e. The first-order valence-electron chi connectivity index (χ1n) is 7.46. The average molecular weight is 245 g/mol. The van der Waals surface area contributed by atoms with Gasteiger partial charge in [-0.15, -0.1) is 0 Å². The van der Waals surface area contributed by atoms with Gasteiger partial charge in [0.15, 0.2) is 0 Å². The minimum absolute atomic E-state index is 0.659. The Labute approximate surface area is 112 Å². The highest BCUT2D eigenvalue weighted by Crippen LogP contribution is 2.26. The number of nitrogens with one attached hydrogen (secondary N) is 1. The molecule has 0 amide bonds. The largest absolute Gasteiger partial charge is 0.310 e. The Morgan fingerprint density at radius 3 is 2.50 bits per heavy atom. The molecule has 0 spiro atoms. The van der Waals surface area contributed by atoms with Crippen LogP contribution in [0.25, 0.3) is 0 Å². The zero-order chi connectivity index (χ0) is 13.0. The Morgan fingerprint density at radius 2 is 1.83 bits per heavy atom. The average Bonchev–Trinajstić information content (AvgIpc) is 2.41. The summed E-state index contributed by atoms with van der Waals surface area (Å²) in [6.07, 6.45) is 7.14. The maximum Gasteiger partial charge on any atom is 0.0208 e. The standard InChI is InChI=1S/C17H27N/c1-13-9-10-16(11-14(13)2)12-18-15(3)17-7-5-4-6-8-17/h9-11,15,17-18H,4-8,12H2,1-3H3. The van der Waals surface area contributed by atoms with Crippen LogP contribution in [0.3, 0.4) is 0 Å². The van der Waals surface area contributed by atoms with E-state index < -0.39 is 0 Å². The Hall–Kier alpha value is -0.820. The summed E-state index contributed by atoms with van der Waals surface area (Å²) in [6.45, 7) is 7.75. The Morgan fingerprint density at radius 1 is 1.11 bits per heavy atom. The molecule has 0 bridgehead atoms. The van der Waals surface area contributed by atoms with Crippen LogP contribution >= 0.6 is 0 Å². The maximum absolute atomic E-state index is 3.72. The molecular weight excluding hydrogens is 218 g/mol. The fourth-order valence-electron chi connectivity index (χ4n) is 2.99. The van der Waals surface area contributed by atoms with Crippen LogP contribution in [0, 0.1) is 19.8 Å². The summed E-state index contributed by atoms with van der Waals surface area (Å²) in [6, 6.07) is 7.46. The first-order valence-corrected chi connectivity index (χ1v) is 7.46. The van der Waals surface area contributed by atoms with Gasteiger partial charge in [-0.05, 0) is 56.2 Å². The summed E-state index contributed by atoms with van der Waals surface area (Å²) >= 11 is 0. The second kappa shape index (κ2) is 6.38. The molecule has 0 aliphatic heterocycles. The van der Waals surface area contributed by atoms with Crippen molar-refractivity contribution in [2.24, 2.45) is 5.92 Å². The van der Waals surface area contributed by atoms with Crippen molar-refractivity contribution in [3.8, 4) is 0 Å². The molecule has 1 N–H and O–H groups in total. The van der Waals surface area contributed by atoms with Gasteiger partial charge in [0.2, 0.25) is 0 Å². The summed E-state index contributed by atoms with van der Waals surface area (Å²) in [5.74, 6) is 0.894. The van der Waals surface area contributed by atoms with E-state index in [1.807, 2.05) is 0 Å². The van der Waals surface area contributed by atoms with Crippen LogP contribution in [0.2, 0.25) is 0 Å². The molecule has 1 unspecified atom stereocenters. The van der Waals surface area contributed by atoms with Crippen molar-refractivity contribution in [3.05, 3.63) is 34.9 Å². The van der Waals surface area contributed by atoms with Crippen molar-refractivity contribution >= 4 is 0 Å². The minimum Gasteiger partial charge on any atom is -0.310 e. The molecule has 1 nitrogen and oxygen atoms in total. The molecule has 1 heteroatoms. The third kappa shape index (κ3) is 3.58. The van der Waals surface area contributed by atoms with Crippen LogP contribution < -0.4 is 5.32 Å². The predicted octanol–water partition coefficient (Wildman–Crippen LogP) is 4.36. The molecule has 1 aromatic carbocycles. The normalized spacial score (nSPS) is 18.8. The van der Waals surface area contributed by atoms with Crippen LogP contribution in [0.1, 0.15) is 55.7 Å². The first kappa shape index (κ1) is 13.6. The zero-order valence-electron chi connectivity index (χ0n) is 12.1. The van der Waals surface area contributed by atoms with Crippen LogP contribution in [-0.4, -0.2) is 6.04 Å². The van der Waals surface area contributed by atoms with Gasteiger partial charge in [-0.1, -0.05) is 37.5 Å². The van der Waals surface area contributed by atoms with E-state index >= 15 is 0 Å². The maximum atomic E-state index is 3.72. The number of benzene rings is 1. The predicted molar refractivity (Wildman–Crippen MR) is 78.8 cm³/mol. The lowest BCUT2D eigenvalue weighted by Crippen LogP contribution is -2.34. The van der Waals surface area contributed by atoms with Gasteiger partial charge in [0.05, 0.1) is 0 Å². The molecule has 2 rings (SSSR count). The fourth-order valence-corrected chi connectivity index (χ4v) is 2.99. The third-order valence-corrected chi connectivity index (χ3v) is 4.56. The van der Waals surface area contributed by atoms with Crippen molar-refractivity contribution in [1.29, 1.82) is 0 Å². The van der Waals surface area contributed by atoms with Gasteiger partial charge in [-0.25, -0.2) is 0 Å². The van der Waals surface area contributed by atoms with Gasteiger partial charge in [0.1, 0.15) is 0 Å². The Balaban J connectivity index is 1.84. The van der Waals surface area contributed by atoms with Gasteiger partial charge in [-0.3, -0.25) is 0 Å². The SMILES string of the molecule is Cc1ccc(CNC(C)C2CCCCC2)cc1C. The quantitative estimate of drug-likeness (QED) is 0.831. The first-order chi connectivity index (χ1) is 8.66. The lowest BCUT2D eigenvalue weighted by Gasteiger charge is -2.28. The van der Waals surface area contributed by atoms with E-state index in [2.05, 4.69) is 44.3 Å². The van der Waals surface area contributed by atoms with Gasteiger partial charge >= 0.3 is 0 Å². The molecule has 1 aliphatic rings. The molecule has 1 atom stereocenters. The molecule has 0 aromatic heterocycles. The second-order valence-corrected chi connectivity index (χ2v) is 5.99. The highest BCUT2D eigenvalue weighted by Gasteiger charge is 2.19. The number of hydrogen-bond donors (Lipinski definition) is 1. The molecule has 1 fully saturated rings. The topological polar surface area (TPSA) is 12.0 Å². The zero-order valence-corrected chi connectivity index (χ0v) is 12.1. The monoisotopic (exact) mass is 245 g/mol. The number of hydrogen-bond acceptors (Lipinski definition) is 1. The van der Waals surface area contributed by atoms with Crippen LogP contribution in [0.4, 0.5) is 0 Å². The highest BCUT2D eigenvalue weighted by atomic mass is 14.9. The fraction of sp³-hybridized carbons (Fsp3) is 0.647. The van der Waals surface area contributed by atoms with Crippen LogP contribution in [-0.2, 0) is 6.54 Å². The van der Waals surface area contributed by atoms with Crippen LogP contribution in [0.5, 0.6) is 0 Å². The molecule has 18 heavy (non-hydrogen) atoms. The van der Waals surface area contributed by atoms with Gasteiger partial charge < -0.3 is 5.32 Å². The number of aryl methyl sites for hydroxylation is 2. The van der Waals surface area contributed by atoms with E-state index in [0.717, 1.165) is 12.5 Å². The molecule has 0 saturated heterocycles. The van der Waals surface area contributed by atoms with Gasteiger partial charge in [0, 0.05) is 12.6 Å². The lowest BCUT2D eigenvalue weighted by atomic mass is 9.84. The van der Waals surface area contributed by atoms with Crippen molar-refractivity contribution in [3.63, 3.8) is 0 Å². The highest BCUT2D eigenvalue weighted by molar-refractivity contribution is 5.29. The molecule has 0 radical (unpaired) electrons. The van der Waals surface area contributed by atoms with E-state index in [9.17, 15) is 0 Å². The summed E-state index contributed by atoms with van der Waals surface area (Å²) in [5, 5.41) is 3.72. The lowest BCUT2D eigenvalue weighted by molar-refractivity contribution is 0.280. The number of rotatable bonds is 4. The van der Waals surface area contributed by atoms with E-state index in [0.29, 0.717) is 6.04 Å². The van der Waals surface area contributed by atoms with Crippen molar-refractivity contribution < 1.29 is 0 Å². The second-order valence-electron chi connectivity index (χ2n) is 5.99. The molecule has 1 saturated carbocycles. The van der Waals surface area contributed by atoms with E-state index in [-0.39, 0.29) is 0 Å². The van der Waals surface area contributed by atoms with E-state index in [1.54, 1.807) is 0 Å². The summed E-state index contributed by atoms with van der Waals surface area (Å²) in [4.78, 5) is 0. The molecule has 0 heterocycles. The molecule has 100 valence electrons. The van der Waals surface area contributed by atoms with Crippen molar-refractivity contribution in [2.45, 2.75) is 65.5 Å². The van der Waals surface area contributed by atoms with E-state index in [4.69, 9.17) is 0 Å². The van der Waals surface area contributed by atoms with Crippen LogP contribution in [0.15, 0.2) is 18.2 Å². The molecule has 1 aromatic rings. The summed E-state index contributed by atoms with van der Waals surface area (Å²) < 4.78 is 0. The summed E-state index contributed by atoms with van der Waals surface area (Å²) in [5.41, 5.74) is 4.21. The Kier molecular flexibility index (Phi) is 4.82. The van der Waals surface area contributed by atoms with Gasteiger partial charge in [-0.2, -0.15) is 0 Å².